The highest BCUT2D eigenvalue weighted by Crippen LogP contribution is 2.22. The number of nitrogens with zero attached hydrogens (tertiary/aromatic N) is 2. The smallest absolute Gasteiger partial charge is 0.326 e. The summed E-state index contributed by atoms with van der Waals surface area (Å²) in [5.74, 6) is -4.21. The summed E-state index contributed by atoms with van der Waals surface area (Å²) in [6, 6.07) is 6.56. The third-order valence-electron chi connectivity index (χ3n) is 9.00. The van der Waals surface area contributed by atoms with E-state index in [4.69, 9.17) is 17.2 Å². The van der Waals surface area contributed by atoms with Crippen LogP contribution in [-0.2, 0) is 19.2 Å². The number of carboxylic acids is 1. The zero-order valence-electron chi connectivity index (χ0n) is 29.0. The number of nitrogens with two attached hydrogens (primary N) is 3. The van der Waals surface area contributed by atoms with Gasteiger partial charge in [0.1, 0.15) is 24.2 Å². The summed E-state index contributed by atoms with van der Waals surface area (Å²) in [5.41, 5.74) is 16.9. The fourth-order valence-corrected chi connectivity index (χ4v) is 6.30. The van der Waals surface area contributed by atoms with Gasteiger partial charge in [0.15, 0.2) is 11.4 Å². The Morgan fingerprint density at radius 1 is 0.962 bits per heavy atom. The first-order chi connectivity index (χ1) is 24.8. The summed E-state index contributed by atoms with van der Waals surface area (Å²) in [6.07, 6.45) is 0.797. The number of aliphatic carboxylic acids is 1. The lowest BCUT2D eigenvalue weighted by Gasteiger charge is -2.31. The zero-order chi connectivity index (χ0) is 37.9. The standard InChI is InChI=1S/C35H47N9O8/c1-19(45)27(43-30(47)22-11-6-10-21-28(22)40-23-12-3-2-9-20(23)29(21)46)32(49)41-24(13-4-5-16-36)33(50)44-18-8-15-26(44)31(48)42-25(34(51)52)14-7-17-39-35(37)38/h2-3,6,9-12,19,24-27,45H,4-5,7-8,13-18,36H2,1H3,(H,40,46)(H,41,49)(H,42,48)(H,43,47)(H,51,52)(H4,37,38,39)/t19-,24+,25+,26+,27+/m1/s1. The lowest BCUT2D eigenvalue weighted by atomic mass is 10.0. The van der Waals surface area contributed by atoms with E-state index in [1.54, 1.807) is 36.4 Å². The third kappa shape index (κ3) is 9.61. The number of aromatic amines is 1. The van der Waals surface area contributed by atoms with Crippen LogP contribution in [0.5, 0.6) is 0 Å². The SMILES string of the molecule is C[C@@H](O)[C@H](NC(=O)c1cccc2c(=O)c3ccccc3[nH]c12)C(=O)N[C@@H](CCCCN)C(=O)N1CCC[C@H]1C(=O)N[C@@H](CCCN=C(N)N)C(=O)O. The van der Waals surface area contributed by atoms with Crippen molar-refractivity contribution in [1.82, 2.24) is 25.8 Å². The van der Waals surface area contributed by atoms with E-state index < -0.39 is 59.9 Å². The largest absolute Gasteiger partial charge is 0.480 e. The Bertz CT molecular complexity index is 1870. The van der Waals surface area contributed by atoms with Crippen LogP contribution in [0.15, 0.2) is 52.3 Å². The second-order valence-electron chi connectivity index (χ2n) is 12.8. The van der Waals surface area contributed by atoms with Gasteiger partial charge in [-0.25, -0.2) is 4.79 Å². The van der Waals surface area contributed by atoms with Gasteiger partial charge >= 0.3 is 5.97 Å². The normalized spacial score (nSPS) is 16.4. The van der Waals surface area contributed by atoms with Gasteiger partial charge in [-0.2, -0.15) is 0 Å². The molecule has 0 bridgehead atoms. The van der Waals surface area contributed by atoms with Crippen molar-refractivity contribution in [2.24, 2.45) is 22.2 Å². The van der Waals surface area contributed by atoms with Gasteiger partial charge in [0.25, 0.3) is 5.91 Å². The summed E-state index contributed by atoms with van der Waals surface area (Å²) >= 11 is 0. The number of hydrogen-bond donors (Lipinski definition) is 9. The maximum absolute atomic E-state index is 14.0. The number of carbonyl (C=O) groups is 5. The number of hydrogen-bond acceptors (Lipinski definition) is 9. The molecule has 1 aliphatic rings. The molecule has 0 spiro atoms. The molecular weight excluding hydrogens is 674 g/mol. The Balaban J connectivity index is 1.51. The molecule has 0 radical (unpaired) electrons. The van der Waals surface area contributed by atoms with E-state index in [9.17, 15) is 39.0 Å². The van der Waals surface area contributed by atoms with Crippen molar-refractivity contribution in [1.29, 1.82) is 0 Å². The average molecular weight is 722 g/mol. The molecule has 0 aliphatic carbocycles. The van der Waals surface area contributed by atoms with E-state index in [1.165, 1.54) is 17.9 Å². The van der Waals surface area contributed by atoms with Crippen LogP contribution < -0.4 is 38.6 Å². The minimum absolute atomic E-state index is 0.0498. The van der Waals surface area contributed by atoms with E-state index in [0.29, 0.717) is 36.7 Å². The van der Waals surface area contributed by atoms with Crippen molar-refractivity contribution in [3.05, 3.63) is 58.3 Å². The van der Waals surface area contributed by atoms with Crippen molar-refractivity contribution in [2.45, 2.75) is 82.1 Å². The minimum Gasteiger partial charge on any atom is -0.480 e. The Morgan fingerprint density at radius 2 is 1.67 bits per heavy atom. The maximum Gasteiger partial charge on any atom is 0.326 e. The zero-order valence-corrected chi connectivity index (χ0v) is 29.0. The maximum atomic E-state index is 14.0. The monoisotopic (exact) mass is 721 g/mol. The van der Waals surface area contributed by atoms with Gasteiger partial charge in [-0.1, -0.05) is 18.2 Å². The lowest BCUT2D eigenvalue weighted by molar-refractivity contribution is -0.145. The van der Waals surface area contributed by atoms with Crippen LogP contribution in [0, 0.1) is 0 Å². The number of aromatic nitrogens is 1. The van der Waals surface area contributed by atoms with Crippen LogP contribution in [-0.4, -0.2) is 106 Å². The number of amides is 4. The molecule has 1 aliphatic heterocycles. The molecule has 0 saturated carbocycles. The lowest BCUT2D eigenvalue weighted by Crippen LogP contribution is -2.59. The number of likely N-dealkylation sites (tertiary alicyclic amines) is 1. The summed E-state index contributed by atoms with van der Waals surface area (Å²) < 4.78 is 0. The number of pyridine rings is 1. The number of carboxylic acid groups (broad SMARTS) is 1. The molecule has 12 N–H and O–H groups in total. The molecule has 2 heterocycles. The minimum atomic E-state index is -1.51. The second-order valence-corrected chi connectivity index (χ2v) is 12.8. The van der Waals surface area contributed by atoms with Crippen molar-refractivity contribution in [2.75, 3.05) is 19.6 Å². The Labute approximate surface area is 299 Å². The Hall–Kier alpha value is -5.55. The molecule has 4 amide bonds. The van der Waals surface area contributed by atoms with Gasteiger partial charge in [-0.3, -0.25) is 29.0 Å². The first-order valence-corrected chi connectivity index (χ1v) is 17.3. The van der Waals surface area contributed by atoms with Gasteiger partial charge in [0, 0.05) is 29.4 Å². The Morgan fingerprint density at radius 3 is 2.37 bits per heavy atom. The van der Waals surface area contributed by atoms with Crippen molar-refractivity contribution >= 4 is 57.4 Å². The van der Waals surface area contributed by atoms with Crippen LogP contribution in [0.25, 0.3) is 21.8 Å². The predicted molar refractivity (Wildman–Crippen MR) is 194 cm³/mol. The number of aliphatic hydroxyl groups is 1. The molecule has 1 aromatic heterocycles. The highest BCUT2D eigenvalue weighted by molar-refractivity contribution is 6.09. The molecule has 17 nitrogen and oxygen atoms in total. The molecule has 0 unspecified atom stereocenters. The molecule has 1 saturated heterocycles. The number of guanidine groups is 1. The number of para-hydroxylation sites is 2. The first kappa shape index (κ1) is 39.2. The quantitative estimate of drug-likeness (QED) is 0.0367. The van der Waals surface area contributed by atoms with Crippen LogP contribution >= 0.6 is 0 Å². The Kier molecular flexibility index (Phi) is 13.7. The van der Waals surface area contributed by atoms with Crippen LogP contribution in [0.1, 0.15) is 62.2 Å². The molecule has 3 aromatic rings. The van der Waals surface area contributed by atoms with Crippen molar-refractivity contribution < 1.29 is 34.2 Å². The van der Waals surface area contributed by atoms with E-state index in [0.717, 1.165) is 0 Å². The number of aliphatic imine (C=N–C) groups is 1. The van der Waals surface area contributed by atoms with Gasteiger partial charge in [-0.05, 0) is 82.7 Å². The number of unbranched alkanes of at least 4 members (excludes halogenated alkanes) is 1. The number of benzene rings is 2. The van der Waals surface area contributed by atoms with Crippen molar-refractivity contribution in [3.63, 3.8) is 0 Å². The summed E-state index contributed by atoms with van der Waals surface area (Å²) in [4.78, 5) is 87.9. The molecular formula is C35H47N9O8. The van der Waals surface area contributed by atoms with Crippen LogP contribution in [0.3, 0.4) is 0 Å². The fourth-order valence-electron chi connectivity index (χ4n) is 6.30. The van der Waals surface area contributed by atoms with Gasteiger partial charge in [0.2, 0.25) is 17.7 Å². The number of H-pyrrole nitrogens is 1. The van der Waals surface area contributed by atoms with Gasteiger partial charge in [0.05, 0.1) is 17.2 Å². The predicted octanol–water partition coefficient (Wildman–Crippen LogP) is -0.612. The number of fused-ring (bicyclic) bond motifs is 2. The molecule has 2 aromatic carbocycles. The third-order valence-corrected chi connectivity index (χ3v) is 9.00. The molecule has 1 fully saturated rings. The first-order valence-electron chi connectivity index (χ1n) is 17.3. The average Bonchev–Trinajstić information content (AvgIpc) is 3.61. The number of aliphatic hydroxyl groups excluding tert-OH is 1. The van der Waals surface area contributed by atoms with Crippen molar-refractivity contribution in [3.8, 4) is 0 Å². The molecule has 280 valence electrons. The molecule has 52 heavy (non-hydrogen) atoms. The fraction of sp³-hybridized carbons (Fsp3) is 0.457. The topological polar surface area (TPSA) is 288 Å². The number of carbonyl (C=O) groups excluding carboxylic acids is 4. The second kappa shape index (κ2) is 18.1. The summed E-state index contributed by atoms with van der Waals surface area (Å²) in [6.45, 7) is 2.00. The van der Waals surface area contributed by atoms with Gasteiger partial charge in [-0.15, -0.1) is 0 Å². The van der Waals surface area contributed by atoms with Crippen LogP contribution in [0.2, 0.25) is 0 Å². The van der Waals surface area contributed by atoms with Gasteiger partial charge < -0.3 is 53.2 Å². The highest BCUT2D eigenvalue weighted by Gasteiger charge is 2.39. The number of nitrogens with one attached hydrogen (secondary N) is 4. The summed E-state index contributed by atoms with van der Waals surface area (Å²) in [7, 11) is 0. The van der Waals surface area contributed by atoms with E-state index >= 15 is 0 Å². The van der Waals surface area contributed by atoms with Crippen LogP contribution in [0.4, 0.5) is 0 Å². The molecule has 17 heteroatoms. The van der Waals surface area contributed by atoms with E-state index in [2.05, 4.69) is 25.9 Å². The molecule has 5 atom stereocenters. The highest BCUT2D eigenvalue weighted by atomic mass is 16.4. The van der Waals surface area contributed by atoms with E-state index in [1.807, 2.05) is 0 Å². The number of rotatable bonds is 17. The summed E-state index contributed by atoms with van der Waals surface area (Å²) in [5, 5.41) is 28.8. The van der Waals surface area contributed by atoms with E-state index in [-0.39, 0.29) is 66.6 Å². The molecule has 4 rings (SSSR count).